The summed E-state index contributed by atoms with van der Waals surface area (Å²) in [5, 5.41) is 3.68. The molecule has 0 aliphatic rings. The Morgan fingerprint density at radius 2 is 1.79 bits per heavy atom. The van der Waals surface area contributed by atoms with E-state index in [4.69, 9.17) is 34.8 Å². The fourth-order valence-electron chi connectivity index (χ4n) is 3.45. The Kier molecular flexibility index (Phi) is 6.79. The van der Waals surface area contributed by atoms with Gasteiger partial charge < -0.3 is 10.2 Å². The second kappa shape index (κ2) is 9.62. The molecule has 0 saturated carbocycles. The van der Waals surface area contributed by atoms with E-state index in [0.29, 0.717) is 27.3 Å². The Balaban J connectivity index is 1.79. The van der Waals surface area contributed by atoms with Gasteiger partial charge in [-0.15, -0.1) is 0 Å². The van der Waals surface area contributed by atoms with E-state index in [-0.39, 0.29) is 21.4 Å². The van der Waals surface area contributed by atoms with Crippen LogP contribution in [0.3, 0.4) is 0 Å². The molecule has 3 aromatic carbocycles. The number of urea groups is 1. The minimum Gasteiger partial charge on any atom is -0.318 e. The first-order valence-electron chi connectivity index (χ1n) is 10.1. The fourth-order valence-corrected chi connectivity index (χ4v) is 4.08. The predicted octanol–water partition coefficient (Wildman–Crippen LogP) is 6.71. The number of nitrogens with zero attached hydrogens (tertiary/aromatic N) is 3. The molecule has 0 spiro atoms. The van der Waals surface area contributed by atoms with E-state index in [0.717, 1.165) is 0 Å². The summed E-state index contributed by atoms with van der Waals surface area (Å²) in [5.74, 6) is -0.343. The number of benzene rings is 3. The number of halogens is 4. The number of nitrogens with one attached hydrogen (secondary N) is 1. The molecule has 1 heterocycles. The van der Waals surface area contributed by atoms with Crippen molar-refractivity contribution in [1.29, 1.82) is 0 Å². The lowest BCUT2D eigenvalue weighted by molar-refractivity contribution is 0.205. The molecular formula is C24H18Cl3FN4O2. The lowest BCUT2D eigenvalue weighted by Gasteiger charge is -2.27. The number of fused-ring (bicyclic) bond motifs is 1. The number of hydrogen-bond acceptors (Lipinski definition) is 3. The number of carbonyl (C=O) groups is 1. The molecule has 0 aliphatic heterocycles. The van der Waals surface area contributed by atoms with Gasteiger partial charge >= 0.3 is 6.03 Å². The summed E-state index contributed by atoms with van der Waals surface area (Å²) in [4.78, 5) is 32.5. The zero-order valence-electron chi connectivity index (χ0n) is 18.0. The highest BCUT2D eigenvalue weighted by Crippen LogP contribution is 2.28. The van der Waals surface area contributed by atoms with Gasteiger partial charge in [0, 0.05) is 12.1 Å². The van der Waals surface area contributed by atoms with Crippen LogP contribution in [0.25, 0.3) is 16.6 Å². The summed E-state index contributed by atoms with van der Waals surface area (Å²) in [6.07, 6.45) is 0. The largest absolute Gasteiger partial charge is 0.322 e. The van der Waals surface area contributed by atoms with Gasteiger partial charge in [0.25, 0.3) is 5.56 Å². The Morgan fingerprint density at radius 1 is 1.06 bits per heavy atom. The number of para-hydroxylation sites is 1. The van der Waals surface area contributed by atoms with Crippen molar-refractivity contribution in [3.63, 3.8) is 0 Å². The molecule has 10 heteroatoms. The van der Waals surface area contributed by atoms with Gasteiger partial charge in [0.2, 0.25) is 0 Å². The van der Waals surface area contributed by atoms with E-state index in [1.165, 1.54) is 33.7 Å². The van der Waals surface area contributed by atoms with Gasteiger partial charge in [-0.1, -0.05) is 46.9 Å². The van der Waals surface area contributed by atoms with Crippen LogP contribution in [0.4, 0.5) is 14.9 Å². The molecule has 0 radical (unpaired) electrons. The second-order valence-electron chi connectivity index (χ2n) is 7.57. The number of rotatable bonds is 4. The van der Waals surface area contributed by atoms with Crippen LogP contribution < -0.4 is 10.9 Å². The Hall–Kier alpha value is -3.13. The Bertz CT molecular complexity index is 1470. The van der Waals surface area contributed by atoms with Crippen LogP contribution in [0.5, 0.6) is 0 Å². The van der Waals surface area contributed by atoms with Gasteiger partial charge in [-0.3, -0.25) is 9.36 Å². The van der Waals surface area contributed by atoms with Crippen LogP contribution in [0.15, 0.2) is 65.5 Å². The standard InChI is InChI=1S/C24H18Cl3FN4O2/c1-13(31(2)24(34)30-21-10-7-14(25)11-18(21)27)22-29-20-6-4-3-5-16(20)23(33)32(22)15-8-9-19(28)17(26)12-15/h3-13H,1-2H3,(H,30,34). The maximum Gasteiger partial charge on any atom is 0.322 e. The molecule has 1 atom stereocenters. The van der Waals surface area contributed by atoms with Gasteiger partial charge in [-0.05, 0) is 55.5 Å². The minimum atomic E-state index is -0.674. The highest BCUT2D eigenvalue weighted by atomic mass is 35.5. The van der Waals surface area contributed by atoms with Crippen molar-refractivity contribution in [3.8, 4) is 5.69 Å². The third kappa shape index (κ3) is 4.59. The third-order valence-electron chi connectivity index (χ3n) is 5.41. The van der Waals surface area contributed by atoms with Crippen molar-refractivity contribution in [2.45, 2.75) is 13.0 Å². The van der Waals surface area contributed by atoms with Crippen LogP contribution in [0.2, 0.25) is 15.1 Å². The third-order valence-corrected chi connectivity index (χ3v) is 6.25. The van der Waals surface area contributed by atoms with Crippen molar-refractivity contribution < 1.29 is 9.18 Å². The molecule has 34 heavy (non-hydrogen) atoms. The summed E-state index contributed by atoms with van der Waals surface area (Å²) in [6, 6.07) is 14.4. The summed E-state index contributed by atoms with van der Waals surface area (Å²) in [7, 11) is 1.56. The van der Waals surface area contributed by atoms with E-state index in [2.05, 4.69) is 10.3 Å². The molecule has 0 fully saturated rings. The predicted molar refractivity (Wildman–Crippen MR) is 134 cm³/mol. The summed E-state index contributed by atoms with van der Waals surface area (Å²) in [6.45, 7) is 1.72. The van der Waals surface area contributed by atoms with Gasteiger partial charge in [0.1, 0.15) is 11.6 Å². The molecule has 0 aliphatic carbocycles. The van der Waals surface area contributed by atoms with E-state index in [9.17, 15) is 14.0 Å². The lowest BCUT2D eigenvalue weighted by atomic mass is 10.2. The van der Waals surface area contributed by atoms with E-state index >= 15 is 0 Å². The molecule has 0 saturated heterocycles. The van der Waals surface area contributed by atoms with Crippen molar-refractivity contribution in [3.05, 3.63) is 97.7 Å². The number of amides is 2. The molecule has 1 aromatic heterocycles. The Labute approximate surface area is 209 Å². The zero-order valence-corrected chi connectivity index (χ0v) is 20.3. The van der Waals surface area contributed by atoms with Crippen molar-refractivity contribution in [2.75, 3.05) is 12.4 Å². The van der Waals surface area contributed by atoms with E-state index < -0.39 is 17.9 Å². The van der Waals surface area contributed by atoms with Gasteiger partial charge in [0.15, 0.2) is 0 Å². The molecule has 6 nitrogen and oxygen atoms in total. The minimum absolute atomic E-state index is 0.139. The monoisotopic (exact) mass is 518 g/mol. The first-order valence-corrected chi connectivity index (χ1v) is 11.3. The normalized spacial score (nSPS) is 11.9. The summed E-state index contributed by atoms with van der Waals surface area (Å²) < 4.78 is 15.1. The Morgan fingerprint density at radius 3 is 2.50 bits per heavy atom. The summed E-state index contributed by atoms with van der Waals surface area (Å²) >= 11 is 18.1. The van der Waals surface area contributed by atoms with Crippen molar-refractivity contribution in [2.24, 2.45) is 0 Å². The molecule has 0 bridgehead atoms. The molecular weight excluding hydrogens is 502 g/mol. The summed E-state index contributed by atoms with van der Waals surface area (Å²) in [5.41, 5.74) is 0.799. The topological polar surface area (TPSA) is 67.2 Å². The number of anilines is 1. The van der Waals surface area contributed by atoms with E-state index in [1.807, 2.05) is 0 Å². The van der Waals surface area contributed by atoms with Gasteiger partial charge in [-0.2, -0.15) is 0 Å². The van der Waals surface area contributed by atoms with Crippen LogP contribution in [-0.4, -0.2) is 27.5 Å². The smallest absolute Gasteiger partial charge is 0.318 e. The van der Waals surface area contributed by atoms with Crippen LogP contribution in [0.1, 0.15) is 18.8 Å². The van der Waals surface area contributed by atoms with Crippen molar-refractivity contribution >= 4 is 57.4 Å². The number of carbonyl (C=O) groups excluding carboxylic acids is 1. The maximum atomic E-state index is 13.8. The van der Waals surface area contributed by atoms with Gasteiger partial charge in [0.05, 0.1) is 38.4 Å². The second-order valence-corrected chi connectivity index (χ2v) is 8.82. The quantitative estimate of drug-likeness (QED) is 0.326. The number of aromatic nitrogens is 2. The molecule has 1 unspecified atom stereocenters. The first kappa shape index (κ1) is 24.0. The molecule has 2 amide bonds. The lowest BCUT2D eigenvalue weighted by Crippen LogP contribution is -2.37. The fraction of sp³-hybridized carbons (Fsp3) is 0.125. The number of hydrogen-bond donors (Lipinski definition) is 1. The SMILES string of the molecule is CC(c1nc2ccccc2c(=O)n1-c1ccc(F)c(Cl)c1)N(C)C(=O)Nc1ccc(Cl)cc1Cl. The van der Waals surface area contributed by atoms with Crippen LogP contribution >= 0.6 is 34.8 Å². The molecule has 174 valence electrons. The zero-order chi connectivity index (χ0) is 24.6. The highest BCUT2D eigenvalue weighted by molar-refractivity contribution is 6.36. The first-order chi connectivity index (χ1) is 16.2. The van der Waals surface area contributed by atoms with Gasteiger partial charge in [-0.25, -0.2) is 14.2 Å². The van der Waals surface area contributed by atoms with E-state index in [1.54, 1.807) is 50.4 Å². The average Bonchev–Trinajstić information content (AvgIpc) is 2.81. The van der Waals surface area contributed by atoms with Crippen LogP contribution in [0, 0.1) is 5.82 Å². The molecule has 4 rings (SSSR count). The highest BCUT2D eigenvalue weighted by Gasteiger charge is 2.25. The molecule has 4 aromatic rings. The van der Waals surface area contributed by atoms with Crippen LogP contribution in [-0.2, 0) is 0 Å². The van der Waals surface area contributed by atoms with Crippen molar-refractivity contribution in [1.82, 2.24) is 14.5 Å². The maximum absolute atomic E-state index is 13.8. The average molecular weight is 520 g/mol. The molecule has 1 N–H and O–H groups in total.